The quantitative estimate of drug-likeness (QED) is 0.701. The number of anilines is 1. The maximum Gasteiger partial charge on any atom is 0.419 e. The van der Waals surface area contributed by atoms with Crippen LogP contribution in [0.2, 0.25) is 0 Å². The van der Waals surface area contributed by atoms with E-state index in [4.69, 9.17) is 0 Å². The maximum atomic E-state index is 13.3. The first-order chi connectivity index (χ1) is 12.3. The lowest BCUT2D eigenvalue weighted by Crippen LogP contribution is -2.18. The molecule has 0 aliphatic carbocycles. The Morgan fingerprint density at radius 3 is 2.50 bits per heavy atom. The second-order valence-electron chi connectivity index (χ2n) is 5.51. The summed E-state index contributed by atoms with van der Waals surface area (Å²) in [5.41, 5.74) is -0.845. The summed E-state index contributed by atoms with van der Waals surface area (Å²) in [5.74, 6) is -1.90. The van der Waals surface area contributed by atoms with Gasteiger partial charge in [0.1, 0.15) is 11.6 Å². The Kier molecular flexibility index (Phi) is 4.75. The van der Waals surface area contributed by atoms with E-state index >= 15 is 0 Å². The van der Waals surface area contributed by atoms with Gasteiger partial charge in [-0.25, -0.2) is 9.07 Å². The Morgan fingerprint density at radius 1 is 1.08 bits per heavy atom. The van der Waals surface area contributed by atoms with Crippen molar-refractivity contribution in [2.75, 3.05) is 5.32 Å². The largest absolute Gasteiger partial charge is 0.419 e. The van der Waals surface area contributed by atoms with Gasteiger partial charge in [-0.2, -0.15) is 18.3 Å². The van der Waals surface area contributed by atoms with Crippen LogP contribution in [0.25, 0.3) is 0 Å². The fraction of sp³-hybridized carbons (Fsp3) is 0.111. The number of nitrogens with zero attached hydrogens (tertiary/aromatic N) is 2. The Bertz CT molecular complexity index is 920. The van der Waals surface area contributed by atoms with E-state index in [0.29, 0.717) is 24.5 Å². The predicted octanol–water partition coefficient (Wildman–Crippen LogP) is 4.34. The monoisotopic (exact) mass is 363 g/mol. The number of nitrogens with one attached hydrogen (secondary N) is 1. The van der Waals surface area contributed by atoms with Crippen LogP contribution in [0.5, 0.6) is 0 Å². The van der Waals surface area contributed by atoms with Gasteiger partial charge in [0.15, 0.2) is 0 Å². The standard InChI is InChI=1S/C18H13F4N3O/c19-15-7-6-13(10-14(15)18(20,21)22)17(26)24-16-8-9-23-25(16)11-12-4-2-1-3-5-12/h1-10H,11H2,(H,24,26). The van der Waals surface area contributed by atoms with Crippen LogP contribution in [-0.2, 0) is 12.7 Å². The third kappa shape index (κ3) is 3.90. The highest BCUT2D eigenvalue weighted by molar-refractivity contribution is 6.03. The fourth-order valence-corrected chi connectivity index (χ4v) is 2.39. The van der Waals surface area contributed by atoms with Crippen LogP contribution in [0.1, 0.15) is 21.5 Å². The highest BCUT2D eigenvalue weighted by atomic mass is 19.4. The van der Waals surface area contributed by atoms with Crippen molar-refractivity contribution in [3.05, 3.63) is 83.3 Å². The minimum absolute atomic E-state index is 0.300. The third-order valence-electron chi connectivity index (χ3n) is 3.67. The molecule has 0 bridgehead atoms. The van der Waals surface area contributed by atoms with Gasteiger partial charge in [0.05, 0.1) is 18.3 Å². The second kappa shape index (κ2) is 6.99. The average Bonchev–Trinajstić information content (AvgIpc) is 3.02. The van der Waals surface area contributed by atoms with Gasteiger partial charge in [-0.05, 0) is 23.8 Å². The topological polar surface area (TPSA) is 46.9 Å². The van der Waals surface area contributed by atoms with E-state index in [2.05, 4.69) is 10.4 Å². The number of aromatic nitrogens is 2. The number of amides is 1. The molecule has 8 heteroatoms. The van der Waals surface area contributed by atoms with E-state index in [0.717, 1.165) is 11.6 Å². The first-order valence-electron chi connectivity index (χ1n) is 7.58. The molecule has 2 aromatic carbocycles. The highest BCUT2D eigenvalue weighted by Gasteiger charge is 2.34. The molecular formula is C18H13F4N3O. The van der Waals surface area contributed by atoms with Gasteiger partial charge in [-0.1, -0.05) is 30.3 Å². The normalized spacial score (nSPS) is 11.4. The zero-order chi connectivity index (χ0) is 18.7. The molecule has 1 aromatic heterocycles. The Labute approximate surface area is 146 Å². The summed E-state index contributed by atoms with van der Waals surface area (Å²) in [6.45, 7) is 0.376. The first kappa shape index (κ1) is 17.7. The van der Waals surface area contributed by atoms with Crippen molar-refractivity contribution in [1.82, 2.24) is 9.78 Å². The van der Waals surface area contributed by atoms with Crippen molar-refractivity contribution in [1.29, 1.82) is 0 Å². The summed E-state index contributed by atoms with van der Waals surface area (Å²) in [6.07, 6.45) is -3.42. The second-order valence-corrected chi connectivity index (χ2v) is 5.51. The van der Waals surface area contributed by atoms with E-state index in [1.807, 2.05) is 30.3 Å². The highest BCUT2D eigenvalue weighted by Crippen LogP contribution is 2.32. The van der Waals surface area contributed by atoms with Crippen molar-refractivity contribution < 1.29 is 22.4 Å². The first-order valence-corrected chi connectivity index (χ1v) is 7.58. The number of hydrogen-bond donors (Lipinski definition) is 1. The van der Waals surface area contributed by atoms with Crippen LogP contribution < -0.4 is 5.32 Å². The van der Waals surface area contributed by atoms with E-state index in [9.17, 15) is 22.4 Å². The van der Waals surface area contributed by atoms with Gasteiger partial charge in [0.2, 0.25) is 0 Å². The smallest absolute Gasteiger partial charge is 0.307 e. The lowest BCUT2D eigenvalue weighted by Gasteiger charge is -2.11. The van der Waals surface area contributed by atoms with Crippen LogP contribution in [0.15, 0.2) is 60.8 Å². The number of alkyl halides is 3. The van der Waals surface area contributed by atoms with Gasteiger partial charge >= 0.3 is 6.18 Å². The zero-order valence-electron chi connectivity index (χ0n) is 13.3. The average molecular weight is 363 g/mol. The van der Waals surface area contributed by atoms with Crippen molar-refractivity contribution in [3.8, 4) is 0 Å². The molecule has 1 heterocycles. The summed E-state index contributed by atoms with van der Waals surface area (Å²) in [7, 11) is 0. The molecule has 0 aliphatic rings. The van der Waals surface area contributed by atoms with Gasteiger partial charge < -0.3 is 5.32 Å². The fourth-order valence-electron chi connectivity index (χ4n) is 2.39. The number of rotatable bonds is 4. The van der Waals surface area contributed by atoms with Crippen LogP contribution >= 0.6 is 0 Å². The summed E-state index contributed by atoms with van der Waals surface area (Å²) in [4.78, 5) is 12.3. The number of carbonyl (C=O) groups is 1. The number of halogens is 4. The molecule has 0 fully saturated rings. The molecule has 0 aliphatic heterocycles. The lowest BCUT2D eigenvalue weighted by atomic mass is 10.1. The molecule has 0 spiro atoms. The molecule has 134 valence electrons. The minimum atomic E-state index is -4.88. The Balaban J connectivity index is 1.80. The van der Waals surface area contributed by atoms with Crippen LogP contribution in [0.3, 0.4) is 0 Å². The van der Waals surface area contributed by atoms with Crippen LogP contribution in [0, 0.1) is 5.82 Å². The molecule has 0 saturated carbocycles. The summed E-state index contributed by atoms with van der Waals surface area (Å²) in [6, 6.07) is 13.0. The van der Waals surface area contributed by atoms with Gasteiger partial charge in [-0.3, -0.25) is 4.79 Å². The molecule has 4 nitrogen and oxygen atoms in total. The molecule has 3 rings (SSSR count). The van der Waals surface area contributed by atoms with Gasteiger partial charge in [-0.15, -0.1) is 0 Å². The van der Waals surface area contributed by atoms with E-state index in [1.54, 1.807) is 0 Å². The number of hydrogen-bond acceptors (Lipinski definition) is 2. The number of benzene rings is 2. The van der Waals surface area contributed by atoms with Gasteiger partial charge in [0, 0.05) is 11.6 Å². The molecule has 26 heavy (non-hydrogen) atoms. The molecular weight excluding hydrogens is 350 g/mol. The van der Waals surface area contributed by atoms with Crippen molar-refractivity contribution in [3.63, 3.8) is 0 Å². The summed E-state index contributed by atoms with van der Waals surface area (Å²) >= 11 is 0. The van der Waals surface area contributed by atoms with Crippen molar-refractivity contribution in [2.24, 2.45) is 0 Å². The van der Waals surface area contributed by atoms with Crippen LogP contribution in [0.4, 0.5) is 23.4 Å². The molecule has 0 atom stereocenters. The third-order valence-corrected chi connectivity index (χ3v) is 3.67. The molecule has 1 N–H and O–H groups in total. The Morgan fingerprint density at radius 2 is 1.81 bits per heavy atom. The van der Waals surface area contributed by atoms with E-state index in [-0.39, 0.29) is 5.56 Å². The maximum absolute atomic E-state index is 13.3. The zero-order valence-corrected chi connectivity index (χ0v) is 13.3. The SMILES string of the molecule is O=C(Nc1ccnn1Cc1ccccc1)c1ccc(F)c(C(F)(F)F)c1. The van der Waals surface area contributed by atoms with Gasteiger partial charge in [0.25, 0.3) is 5.91 Å². The predicted molar refractivity (Wildman–Crippen MR) is 87.1 cm³/mol. The summed E-state index contributed by atoms with van der Waals surface area (Å²) < 4.78 is 53.2. The minimum Gasteiger partial charge on any atom is -0.307 e. The van der Waals surface area contributed by atoms with Crippen molar-refractivity contribution in [2.45, 2.75) is 12.7 Å². The molecule has 3 aromatic rings. The Hall–Kier alpha value is -3.16. The lowest BCUT2D eigenvalue weighted by molar-refractivity contribution is -0.140. The summed E-state index contributed by atoms with van der Waals surface area (Å²) in [5, 5.41) is 6.59. The van der Waals surface area contributed by atoms with Crippen LogP contribution in [-0.4, -0.2) is 15.7 Å². The molecule has 0 radical (unpaired) electrons. The van der Waals surface area contributed by atoms with E-state index in [1.165, 1.54) is 16.9 Å². The van der Waals surface area contributed by atoms with E-state index < -0.39 is 23.5 Å². The number of carbonyl (C=O) groups excluding carboxylic acids is 1. The molecule has 0 saturated heterocycles. The molecule has 1 amide bonds. The molecule has 0 unspecified atom stereocenters. The van der Waals surface area contributed by atoms with Crippen molar-refractivity contribution >= 4 is 11.7 Å².